The van der Waals surface area contributed by atoms with Gasteiger partial charge in [0.25, 0.3) is 0 Å². The Morgan fingerprint density at radius 3 is 2.74 bits per heavy atom. The van der Waals surface area contributed by atoms with Gasteiger partial charge in [-0.25, -0.2) is 0 Å². The van der Waals surface area contributed by atoms with Crippen molar-refractivity contribution in [3.63, 3.8) is 0 Å². The van der Waals surface area contributed by atoms with Gasteiger partial charge in [0.15, 0.2) is 0 Å². The van der Waals surface area contributed by atoms with Crippen LogP contribution in [0.1, 0.15) is 49.7 Å². The summed E-state index contributed by atoms with van der Waals surface area (Å²) in [6, 6.07) is 8.25. The summed E-state index contributed by atoms with van der Waals surface area (Å²) in [5, 5.41) is 10.4. The molecule has 1 aromatic rings. The van der Waals surface area contributed by atoms with Gasteiger partial charge in [-0.05, 0) is 62.8 Å². The molecule has 0 radical (unpaired) electrons. The van der Waals surface area contributed by atoms with E-state index >= 15 is 0 Å². The molecular formula is C17H23NO. The minimum absolute atomic E-state index is 0.718. The van der Waals surface area contributed by atoms with Gasteiger partial charge < -0.3 is 10.8 Å². The van der Waals surface area contributed by atoms with Crippen molar-refractivity contribution in [1.82, 2.24) is 0 Å². The van der Waals surface area contributed by atoms with Crippen molar-refractivity contribution in [2.24, 2.45) is 5.73 Å². The lowest BCUT2D eigenvalue weighted by Crippen LogP contribution is -2.29. The van der Waals surface area contributed by atoms with E-state index in [0.29, 0.717) is 0 Å². The van der Waals surface area contributed by atoms with Gasteiger partial charge in [-0.2, -0.15) is 0 Å². The van der Waals surface area contributed by atoms with Crippen LogP contribution in [0.15, 0.2) is 24.3 Å². The number of benzene rings is 1. The molecule has 1 aliphatic rings. The first-order valence-electron chi connectivity index (χ1n) is 7.26. The van der Waals surface area contributed by atoms with Gasteiger partial charge >= 0.3 is 0 Å². The molecular weight excluding hydrogens is 234 g/mol. The largest absolute Gasteiger partial charge is 0.378 e. The number of aliphatic hydroxyl groups is 1. The van der Waals surface area contributed by atoms with Crippen molar-refractivity contribution < 1.29 is 5.11 Å². The lowest BCUT2D eigenvalue weighted by atomic mass is 9.85. The molecule has 0 heterocycles. The van der Waals surface area contributed by atoms with Crippen LogP contribution in [-0.2, 0) is 6.42 Å². The Labute approximate surface area is 116 Å². The highest BCUT2D eigenvalue weighted by atomic mass is 16.3. The van der Waals surface area contributed by atoms with Gasteiger partial charge in [-0.15, -0.1) is 0 Å². The molecule has 1 saturated carbocycles. The summed E-state index contributed by atoms with van der Waals surface area (Å²) in [5.74, 6) is 6.22. The zero-order valence-electron chi connectivity index (χ0n) is 11.5. The average Bonchev–Trinajstić information content (AvgIpc) is 2.44. The molecule has 2 nitrogen and oxygen atoms in total. The molecule has 0 amide bonds. The smallest absolute Gasteiger partial charge is 0.125 e. The normalized spacial score (nSPS) is 17.6. The van der Waals surface area contributed by atoms with Crippen molar-refractivity contribution in [2.45, 2.75) is 50.5 Å². The molecule has 2 heteroatoms. The predicted molar refractivity (Wildman–Crippen MR) is 78.7 cm³/mol. The van der Waals surface area contributed by atoms with Crippen molar-refractivity contribution in [3.05, 3.63) is 35.4 Å². The number of nitrogens with two attached hydrogens (primary N) is 1. The SMILES string of the molecule is NCCCc1cccc(C#CC2(O)CCCCC2)c1. The fraction of sp³-hybridized carbons (Fsp3) is 0.529. The highest BCUT2D eigenvalue weighted by molar-refractivity contribution is 5.39. The Kier molecular flexibility index (Phi) is 5.01. The van der Waals surface area contributed by atoms with Crippen molar-refractivity contribution in [1.29, 1.82) is 0 Å². The van der Waals surface area contributed by atoms with Gasteiger partial charge in [0, 0.05) is 5.56 Å². The van der Waals surface area contributed by atoms with Crippen LogP contribution >= 0.6 is 0 Å². The first-order valence-corrected chi connectivity index (χ1v) is 7.26. The molecule has 0 bridgehead atoms. The standard InChI is InChI=1S/C17H23NO/c18-13-5-8-15-6-4-7-16(14-15)9-12-17(19)10-2-1-3-11-17/h4,6-7,14,19H,1-3,5,8,10-11,13,18H2. The molecule has 0 unspecified atom stereocenters. The summed E-state index contributed by atoms with van der Waals surface area (Å²) in [7, 11) is 0. The third kappa shape index (κ3) is 4.38. The molecule has 0 aliphatic heterocycles. The van der Waals surface area contributed by atoms with Gasteiger partial charge in [0.2, 0.25) is 0 Å². The summed E-state index contributed by atoms with van der Waals surface area (Å²) in [4.78, 5) is 0. The highest BCUT2D eigenvalue weighted by Gasteiger charge is 2.26. The monoisotopic (exact) mass is 257 g/mol. The van der Waals surface area contributed by atoms with E-state index in [2.05, 4.69) is 24.0 Å². The third-order valence-electron chi connectivity index (χ3n) is 3.72. The Morgan fingerprint density at radius 2 is 2.00 bits per heavy atom. The number of hydrogen-bond acceptors (Lipinski definition) is 2. The molecule has 0 aromatic heterocycles. The topological polar surface area (TPSA) is 46.2 Å². The number of aryl methyl sites for hydroxylation is 1. The maximum Gasteiger partial charge on any atom is 0.125 e. The van der Waals surface area contributed by atoms with Crippen LogP contribution in [0.2, 0.25) is 0 Å². The summed E-state index contributed by atoms with van der Waals surface area (Å²) in [5.41, 5.74) is 7.03. The molecule has 19 heavy (non-hydrogen) atoms. The fourth-order valence-electron chi connectivity index (χ4n) is 2.56. The average molecular weight is 257 g/mol. The molecule has 1 aliphatic carbocycles. The van der Waals surface area contributed by atoms with Crippen LogP contribution in [0.4, 0.5) is 0 Å². The number of rotatable bonds is 3. The molecule has 0 atom stereocenters. The van der Waals surface area contributed by atoms with Crippen molar-refractivity contribution in [3.8, 4) is 11.8 Å². The van der Waals surface area contributed by atoms with Gasteiger partial charge in [-0.3, -0.25) is 0 Å². The van der Waals surface area contributed by atoms with E-state index in [4.69, 9.17) is 5.73 Å². The molecule has 0 spiro atoms. The van der Waals surface area contributed by atoms with Crippen LogP contribution in [0, 0.1) is 11.8 Å². The second kappa shape index (κ2) is 6.75. The molecule has 1 aromatic carbocycles. The summed E-state index contributed by atoms with van der Waals surface area (Å²) in [6.45, 7) is 0.718. The maximum absolute atomic E-state index is 10.4. The van der Waals surface area contributed by atoms with Crippen molar-refractivity contribution >= 4 is 0 Å². The van der Waals surface area contributed by atoms with Crippen LogP contribution < -0.4 is 5.73 Å². The summed E-state index contributed by atoms with van der Waals surface area (Å²) >= 11 is 0. The molecule has 3 N–H and O–H groups in total. The van der Waals surface area contributed by atoms with E-state index in [1.54, 1.807) is 0 Å². The van der Waals surface area contributed by atoms with Crippen LogP contribution in [0.5, 0.6) is 0 Å². The van der Waals surface area contributed by atoms with E-state index in [1.165, 1.54) is 12.0 Å². The fourth-order valence-corrected chi connectivity index (χ4v) is 2.56. The zero-order chi connectivity index (χ0) is 13.6. The lowest BCUT2D eigenvalue weighted by molar-refractivity contribution is 0.0610. The minimum Gasteiger partial charge on any atom is -0.378 e. The summed E-state index contributed by atoms with van der Waals surface area (Å²) < 4.78 is 0. The first kappa shape index (κ1) is 14.1. The van der Waals surface area contributed by atoms with E-state index in [0.717, 1.165) is 50.6 Å². The highest BCUT2D eigenvalue weighted by Crippen LogP contribution is 2.27. The minimum atomic E-state index is -0.758. The van der Waals surface area contributed by atoms with Crippen molar-refractivity contribution in [2.75, 3.05) is 6.54 Å². The van der Waals surface area contributed by atoms with E-state index < -0.39 is 5.60 Å². The Hall–Kier alpha value is -1.30. The number of hydrogen-bond donors (Lipinski definition) is 2. The first-order chi connectivity index (χ1) is 9.22. The van der Waals surface area contributed by atoms with Crippen LogP contribution in [0.3, 0.4) is 0 Å². The third-order valence-corrected chi connectivity index (χ3v) is 3.72. The zero-order valence-corrected chi connectivity index (χ0v) is 11.5. The molecule has 1 fully saturated rings. The van der Waals surface area contributed by atoms with E-state index in [-0.39, 0.29) is 0 Å². The summed E-state index contributed by atoms with van der Waals surface area (Å²) in [6.07, 6.45) is 7.01. The van der Waals surface area contributed by atoms with E-state index in [1.807, 2.05) is 12.1 Å². The van der Waals surface area contributed by atoms with Gasteiger partial charge in [-0.1, -0.05) is 30.4 Å². The lowest BCUT2D eigenvalue weighted by Gasteiger charge is -2.26. The Balaban J connectivity index is 2.06. The molecule has 2 rings (SSSR count). The Morgan fingerprint density at radius 1 is 1.21 bits per heavy atom. The Bertz CT molecular complexity index is 464. The maximum atomic E-state index is 10.4. The van der Waals surface area contributed by atoms with Crippen LogP contribution in [-0.4, -0.2) is 17.3 Å². The van der Waals surface area contributed by atoms with E-state index in [9.17, 15) is 5.11 Å². The predicted octanol–water partition coefficient (Wildman–Crippen LogP) is 2.62. The quantitative estimate of drug-likeness (QED) is 0.818. The second-order valence-corrected chi connectivity index (χ2v) is 5.43. The second-order valence-electron chi connectivity index (χ2n) is 5.43. The van der Waals surface area contributed by atoms with Crippen LogP contribution in [0.25, 0.3) is 0 Å². The van der Waals surface area contributed by atoms with Gasteiger partial charge in [0.05, 0.1) is 0 Å². The molecule has 102 valence electrons. The van der Waals surface area contributed by atoms with Gasteiger partial charge in [0.1, 0.15) is 5.60 Å². The molecule has 0 saturated heterocycles.